The second kappa shape index (κ2) is 9.80. The molecule has 0 radical (unpaired) electrons. The summed E-state index contributed by atoms with van der Waals surface area (Å²) in [5.41, 5.74) is 2.16. The van der Waals surface area contributed by atoms with Gasteiger partial charge >= 0.3 is 0 Å². The summed E-state index contributed by atoms with van der Waals surface area (Å²) in [6.07, 6.45) is 6.72. The van der Waals surface area contributed by atoms with Gasteiger partial charge in [-0.25, -0.2) is 8.42 Å². The number of para-hydroxylation sites is 1. The summed E-state index contributed by atoms with van der Waals surface area (Å²) in [5.74, 6) is 0.697. The van der Waals surface area contributed by atoms with Gasteiger partial charge in [0.15, 0.2) is 5.96 Å². The van der Waals surface area contributed by atoms with Gasteiger partial charge in [-0.05, 0) is 42.7 Å². The Kier molecular flexibility index (Phi) is 7.40. The molecule has 162 valence electrons. The van der Waals surface area contributed by atoms with Crippen molar-refractivity contribution >= 4 is 21.7 Å². The maximum absolute atomic E-state index is 12.8. The van der Waals surface area contributed by atoms with Gasteiger partial charge in [0, 0.05) is 40.4 Å². The molecule has 0 atom stereocenters. The Labute approximate surface area is 175 Å². The van der Waals surface area contributed by atoms with Crippen LogP contribution in [-0.4, -0.2) is 60.5 Å². The fraction of sp³-hybridized carbons (Fsp3) is 0.667. The molecule has 1 aromatic rings. The number of aliphatic imine (C=N–C) groups is 1. The van der Waals surface area contributed by atoms with Gasteiger partial charge in [0.1, 0.15) is 0 Å². The number of anilines is 1. The van der Waals surface area contributed by atoms with E-state index in [0.29, 0.717) is 19.0 Å². The lowest BCUT2D eigenvalue weighted by Crippen LogP contribution is -2.45. The van der Waals surface area contributed by atoms with Crippen LogP contribution in [0.5, 0.6) is 0 Å². The predicted molar refractivity (Wildman–Crippen MR) is 118 cm³/mol. The molecule has 1 aromatic carbocycles. The number of nitrogens with one attached hydrogen (secondary N) is 2. The number of rotatable bonds is 9. The smallest absolute Gasteiger partial charge is 0.236 e. The zero-order valence-electron chi connectivity index (χ0n) is 17.6. The Morgan fingerprint density at radius 3 is 2.72 bits per heavy atom. The first-order valence-electron chi connectivity index (χ1n) is 10.5. The van der Waals surface area contributed by atoms with Crippen LogP contribution >= 0.6 is 0 Å². The third-order valence-electron chi connectivity index (χ3n) is 6.19. The fourth-order valence-electron chi connectivity index (χ4n) is 4.46. The summed E-state index contributed by atoms with van der Waals surface area (Å²) >= 11 is 0. The predicted octanol–water partition coefficient (Wildman–Crippen LogP) is 2.14. The molecule has 0 aromatic heterocycles. The zero-order chi connectivity index (χ0) is 20.7. The normalized spacial score (nSPS) is 18.7. The van der Waals surface area contributed by atoms with Gasteiger partial charge < -0.3 is 15.4 Å². The second-order valence-electron chi connectivity index (χ2n) is 8.07. The summed E-state index contributed by atoms with van der Waals surface area (Å²) in [7, 11) is 0.105. The molecule has 8 heteroatoms. The van der Waals surface area contributed by atoms with Crippen LogP contribution < -0.4 is 14.9 Å². The van der Waals surface area contributed by atoms with Crippen LogP contribution in [-0.2, 0) is 21.2 Å². The van der Waals surface area contributed by atoms with E-state index < -0.39 is 10.0 Å². The molecule has 0 amide bonds. The topological polar surface area (TPSA) is 83.0 Å². The third-order valence-corrected chi connectivity index (χ3v) is 7.96. The van der Waals surface area contributed by atoms with Gasteiger partial charge in [-0.3, -0.25) is 9.30 Å². The number of hydrogen-bond donors (Lipinski definition) is 2. The highest BCUT2D eigenvalue weighted by Crippen LogP contribution is 2.40. The summed E-state index contributed by atoms with van der Waals surface area (Å²) in [4.78, 5) is 4.27. The third kappa shape index (κ3) is 5.42. The minimum Gasteiger partial charge on any atom is -0.385 e. The highest BCUT2D eigenvalue weighted by atomic mass is 32.2. The maximum Gasteiger partial charge on any atom is 0.236 e. The molecule has 1 fully saturated rings. The van der Waals surface area contributed by atoms with E-state index in [0.717, 1.165) is 37.2 Å². The number of ether oxygens (including phenoxy) is 1. The van der Waals surface area contributed by atoms with E-state index >= 15 is 0 Å². The molecule has 0 bridgehead atoms. The number of sulfonamides is 1. The lowest BCUT2D eigenvalue weighted by Gasteiger charge is -2.30. The molecule has 2 aliphatic rings. The van der Waals surface area contributed by atoms with E-state index in [4.69, 9.17) is 4.74 Å². The van der Waals surface area contributed by atoms with Crippen molar-refractivity contribution in [2.75, 3.05) is 50.5 Å². The van der Waals surface area contributed by atoms with Crippen molar-refractivity contribution in [1.82, 2.24) is 10.6 Å². The molecule has 1 heterocycles. The lowest BCUT2D eigenvalue weighted by molar-refractivity contribution is 0.138. The lowest BCUT2D eigenvalue weighted by atomic mass is 9.83. The standard InChI is InChI=1S/C21H34N4O3S/c1-22-20(24-17-21(12-15-28-2)10-5-6-11-21)23-13-16-29(26,27)25-14-9-18-7-3-4-8-19(18)25/h3-4,7-8H,5-6,9-17H2,1-2H3,(H2,22,23,24). The Balaban J connectivity index is 1.50. The van der Waals surface area contributed by atoms with E-state index in [9.17, 15) is 8.42 Å². The highest BCUT2D eigenvalue weighted by molar-refractivity contribution is 7.92. The van der Waals surface area contributed by atoms with Crippen molar-refractivity contribution in [2.45, 2.75) is 38.5 Å². The van der Waals surface area contributed by atoms with Crippen molar-refractivity contribution in [3.8, 4) is 0 Å². The monoisotopic (exact) mass is 422 g/mol. The van der Waals surface area contributed by atoms with E-state index in [1.165, 1.54) is 25.7 Å². The first kappa shape index (κ1) is 21.9. The van der Waals surface area contributed by atoms with Crippen molar-refractivity contribution in [3.05, 3.63) is 29.8 Å². The van der Waals surface area contributed by atoms with E-state index in [2.05, 4.69) is 15.6 Å². The van der Waals surface area contributed by atoms with Gasteiger partial charge in [-0.1, -0.05) is 31.0 Å². The van der Waals surface area contributed by atoms with E-state index in [1.807, 2.05) is 24.3 Å². The first-order chi connectivity index (χ1) is 14.0. The van der Waals surface area contributed by atoms with Crippen LogP contribution in [0.3, 0.4) is 0 Å². The number of guanidine groups is 1. The average Bonchev–Trinajstić information content (AvgIpc) is 3.37. The summed E-state index contributed by atoms with van der Waals surface area (Å²) in [5, 5.41) is 6.58. The molecule has 1 saturated carbocycles. The molecule has 1 aliphatic carbocycles. The molecule has 1 aliphatic heterocycles. The molecular weight excluding hydrogens is 388 g/mol. The molecule has 0 spiro atoms. The van der Waals surface area contributed by atoms with Crippen LogP contribution in [0.2, 0.25) is 0 Å². The van der Waals surface area contributed by atoms with Crippen LogP contribution in [0, 0.1) is 5.41 Å². The summed E-state index contributed by atoms with van der Waals surface area (Å²) in [6.45, 7) is 2.45. The van der Waals surface area contributed by atoms with Crippen LogP contribution in [0.4, 0.5) is 5.69 Å². The van der Waals surface area contributed by atoms with Crippen molar-refractivity contribution in [3.63, 3.8) is 0 Å². The minimum absolute atomic E-state index is 0.0385. The first-order valence-corrected chi connectivity index (χ1v) is 12.1. The average molecular weight is 423 g/mol. The van der Waals surface area contributed by atoms with Crippen molar-refractivity contribution in [2.24, 2.45) is 10.4 Å². The Bertz CT molecular complexity index is 804. The van der Waals surface area contributed by atoms with Crippen LogP contribution in [0.25, 0.3) is 0 Å². The number of benzene rings is 1. The Morgan fingerprint density at radius 1 is 1.24 bits per heavy atom. The SMILES string of the molecule is CN=C(NCCS(=O)(=O)N1CCc2ccccc21)NCC1(CCOC)CCCC1. The summed E-state index contributed by atoms with van der Waals surface area (Å²) in [6, 6.07) is 7.72. The van der Waals surface area contributed by atoms with Gasteiger partial charge in [-0.2, -0.15) is 0 Å². The largest absolute Gasteiger partial charge is 0.385 e. The quantitative estimate of drug-likeness (QED) is 0.471. The van der Waals surface area contributed by atoms with Crippen LogP contribution in [0.1, 0.15) is 37.7 Å². The molecule has 2 N–H and O–H groups in total. The highest BCUT2D eigenvalue weighted by Gasteiger charge is 2.33. The number of methoxy groups -OCH3 is 1. The van der Waals surface area contributed by atoms with Gasteiger partial charge in [-0.15, -0.1) is 0 Å². The molecule has 3 rings (SSSR count). The van der Waals surface area contributed by atoms with Gasteiger partial charge in [0.05, 0.1) is 11.4 Å². The van der Waals surface area contributed by atoms with Crippen molar-refractivity contribution in [1.29, 1.82) is 0 Å². The van der Waals surface area contributed by atoms with Crippen molar-refractivity contribution < 1.29 is 13.2 Å². The summed E-state index contributed by atoms with van der Waals surface area (Å²) < 4.78 is 32.5. The zero-order valence-corrected chi connectivity index (χ0v) is 18.4. The fourth-order valence-corrected chi connectivity index (χ4v) is 5.88. The number of fused-ring (bicyclic) bond motifs is 1. The second-order valence-corrected chi connectivity index (χ2v) is 10.1. The number of hydrogen-bond acceptors (Lipinski definition) is 4. The Morgan fingerprint density at radius 2 is 2.00 bits per heavy atom. The number of nitrogens with zero attached hydrogens (tertiary/aromatic N) is 2. The molecule has 7 nitrogen and oxygen atoms in total. The van der Waals surface area contributed by atoms with Gasteiger partial charge in [0.25, 0.3) is 0 Å². The van der Waals surface area contributed by atoms with Gasteiger partial charge in [0.2, 0.25) is 10.0 Å². The van der Waals surface area contributed by atoms with E-state index in [1.54, 1.807) is 18.5 Å². The molecular formula is C21H34N4O3S. The van der Waals surface area contributed by atoms with Crippen LogP contribution in [0.15, 0.2) is 29.3 Å². The minimum atomic E-state index is -3.36. The molecule has 29 heavy (non-hydrogen) atoms. The maximum atomic E-state index is 12.8. The molecule has 0 saturated heterocycles. The van der Waals surface area contributed by atoms with E-state index in [-0.39, 0.29) is 11.2 Å². The Hall–Kier alpha value is -1.80. The molecule has 0 unspecified atom stereocenters.